The van der Waals surface area contributed by atoms with Crippen LogP contribution in [0.2, 0.25) is 0 Å². The highest BCUT2D eigenvalue weighted by Gasteiger charge is 2.31. The van der Waals surface area contributed by atoms with Gasteiger partial charge in [-0.3, -0.25) is 0 Å². The summed E-state index contributed by atoms with van der Waals surface area (Å²) in [6.45, 7) is 7.95. The minimum atomic E-state index is -3.77. The Morgan fingerprint density at radius 1 is 0.944 bits per heavy atom. The molecule has 10 heteroatoms. The Bertz CT molecular complexity index is 1560. The molecular weight excluding hydrogens is 474 g/mol. The Balaban J connectivity index is 1.37. The molecule has 1 aliphatic rings. The van der Waals surface area contributed by atoms with Crippen molar-refractivity contribution in [3.8, 4) is 17.3 Å². The predicted molar refractivity (Wildman–Crippen MR) is 137 cm³/mol. The smallest absolute Gasteiger partial charge is 0.254 e. The highest BCUT2D eigenvalue weighted by atomic mass is 32.2. The molecule has 0 unspecified atom stereocenters. The number of fused-ring (bicyclic) bond motifs is 1. The maximum Gasteiger partial charge on any atom is 0.254 e. The summed E-state index contributed by atoms with van der Waals surface area (Å²) in [4.78, 5) is 11.0. The quantitative estimate of drug-likeness (QED) is 0.421. The molecule has 1 fully saturated rings. The second kappa shape index (κ2) is 9.00. The Hall–Kier alpha value is -3.81. The van der Waals surface area contributed by atoms with Gasteiger partial charge >= 0.3 is 0 Å². The first kappa shape index (κ1) is 23.9. The van der Waals surface area contributed by atoms with Crippen LogP contribution in [0.4, 0.5) is 5.95 Å². The molecule has 184 valence electrons. The third-order valence-electron chi connectivity index (χ3n) is 6.42. The molecule has 0 spiro atoms. The molecule has 9 nitrogen and oxygen atoms in total. The van der Waals surface area contributed by atoms with E-state index in [2.05, 4.69) is 55.0 Å². The van der Waals surface area contributed by atoms with E-state index in [9.17, 15) is 13.7 Å². The Kier molecular flexibility index (Phi) is 5.98. The molecule has 4 aromatic rings. The summed E-state index contributed by atoms with van der Waals surface area (Å²) in [6, 6.07) is 18.6. The number of benzene rings is 2. The van der Waals surface area contributed by atoms with Gasteiger partial charge < -0.3 is 4.90 Å². The fourth-order valence-corrected chi connectivity index (χ4v) is 5.89. The van der Waals surface area contributed by atoms with Crippen LogP contribution < -0.4 is 4.90 Å². The van der Waals surface area contributed by atoms with Crippen LogP contribution >= 0.6 is 0 Å². The third-order valence-corrected chi connectivity index (χ3v) is 8.38. The van der Waals surface area contributed by atoms with Gasteiger partial charge in [0.2, 0.25) is 16.0 Å². The number of nitrogens with zero attached hydrogens (tertiary/aromatic N) is 7. The standard InChI is InChI=1S/C26H27N7O2S/c1-26(2,3)21-10-8-19(9-11-21)22-12-13-28-24-29-25(30-33(22)24)31-14-16-32(17-15-31)36(34,35)23-7-5-4-6-20(23)18-27/h4-13H,14-17H2,1-3H3. The number of hydrogen-bond acceptors (Lipinski definition) is 7. The Labute approximate surface area is 210 Å². The zero-order valence-corrected chi connectivity index (χ0v) is 21.3. The molecule has 3 heterocycles. The fraction of sp³-hybridized carbons (Fsp3) is 0.308. The van der Waals surface area contributed by atoms with Crippen LogP contribution in [0.15, 0.2) is 65.7 Å². The van der Waals surface area contributed by atoms with E-state index < -0.39 is 10.0 Å². The summed E-state index contributed by atoms with van der Waals surface area (Å²) in [5.41, 5.74) is 3.36. The van der Waals surface area contributed by atoms with Gasteiger partial charge in [-0.25, -0.2) is 13.4 Å². The van der Waals surface area contributed by atoms with E-state index in [0.717, 1.165) is 11.3 Å². The van der Waals surface area contributed by atoms with Crippen molar-refractivity contribution < 1.29 is 8.42 Å². The molecule has 36 heavy (non-hydrogen) atoms. The largest absolute Gasteiger partial charge is 0.337 e. The van der Waals surface area contributed by atoms with Crippen molar-refractivity contribution in [3.05, 3.63) is 71.9 Å². The zero-order valence-electron chi connectivity index (χ0n) is 20.5. The lowest BCUT2D eigenvalue weighted by Crippen LogP contribution is -2.49. The first-order chi connectivity index (χ1) is 17.2. The van der Waals surface area contributed by atoms with Crippen molar-refractivity contribution in [2.75, 3.05) is 31.1 Å². The molecule has 2 aromatic carbocycles. The summed E-state index contributed by atoms with van der Waals surface area (Å²) in [5.74, 6) is 0.996. The summed E-state index contributed by atoms with van der Waals surface area (Å²) in [7, 11) is -3.77. The number of nitriles is 1. The molecule has 0 amide bonds. The average Bonchev–Trinajstić information content (AvgIpc) is 3.33. The van der Waals surface area contributed by atoms with Gasteiger partial charge in [0.05, 0.1) is 16.2 Å². The molecule has 5 rings (SSSR count). The van der Waals surface area contributed by atoms with Crippen LogP contribution in [0.1, 0.15) is 31.9 Å². The lowest BCUT2D eigenvalue weighted by atomic mass is 9.86. The molecule has 0 atom stereocenters. The first-order valence-corrected chi connectivity index (χ1v) is 13.2. The normalized spacial score (nSPS) is 15.2. The summed E-state index contributed by atoms with van der Waals surface area (Å²) in [6.07, 6.45) is 1.72. The van der Waals surface area contributed by atoms with E-state index in [-0.39, 0.29) is 29.0 Å². The van der Waals surface area contributed by atoms with Crippen LogP contribution in [-0.4, -0.2) is 58.5 Å². The monoisotopic (exact) mass is 501 g/mol. The van der Waals surface area contributed by atoms with Gasteiger partial charge in [-0.05, 0) is 29.2 Å². The van der Waals surface area contributed by atoms with Crippen LogP contribution in [0.3, 0.4) is 0 Å². The van der Waals surface area contributed by atoms with Crippen LogP contribution in [0.25, 0.3) is 17.0 Å². The summed E-state index contributed by atoms with van der Waals surface area (Å²) < 4.78 is 29.4. The minimum Gasteiger partial charge on any atom is -0.337 e. The van der Waals surface area contributed by atoms with Gasteiger partial charge in [0.15, 0.2) is 0 Å². The van der Waals surface area contributed by atoms with Crippen molar-refractivity contribution in [2.24, 2.45) is 0 Å². The topological polar surface area (TPSA) is 107 Å². The minimum absolute atomic E-state index is 0.0399. The fourth-order valence-electron chi connectivity index (χ4n) is 4.33. The predicted octanol–water partition coefficient (Wildman–Crippen LogP) is 3.47. The van der Waals surface area contributed by atoms with Gasteiger partial charge in [-0.2, -0.15) is 19.1 Å². The molecule has 0 aliphatic carbocycles. The number of aromatic nitrogens is 4. The number of hydrogen-bond donors (Lipinski definition) is 0. The van der Waals surface area contributed by atoms with Gasteiger partial charge in [-0.15, -0.1) is 5.10 Å². The first-order valence-electron chi connectivity index (χ1n) is 11.8. The van der Waals surface area contributed by atoms with Crippen molar-refractivity contribution >= 4 is 21.7 Å². The van der Waals surface area contributed by atoms with Crippen molar-refractivity contribution in [1.29, 1.82) is 5.26 Å². The van der Waals surface area contributed by atoms with Gasteiger partial charge in [0.25, 0.3) is 5.78 Å². The number of anilines is 1. The molecule has 0 bridgehead atoms. The molecule has 2 aromatic heterocycles. The molecule has 1 saturated heterocycles. The van der Waals surface area contributed by atoms with E-state index in [4.69, 9.17) is 5.10 Å². The average molecular weight is 502 g/mol. The zero-order chi connectivity index (χ0) is 25.5. The van der Waals surface area contributed by atoms with Crippen molar-refractivity contribution in [3.63, 3.8) is 0 Å². The number of piperazine rings is 1. The number of sulfonamides is 1. The van der Waals surface area contributed by atoms with Crippen LogP contribution in [0, 0.1) is 11.3 Å². The highest BCUT2D eigenvalue weighted by molar-refractivity contribution is 7.89. The highest BCUT2D eigenvalue weighted by Crippen LogP contribution is 2.27. The molecule has 0 saturated carbocycles. The van der Waals surface area contributed by atoms with E-state index in [1.54, 1.807) is 22.8 Å². The SMILES string of the molecule is CC(C)(C)c1ccc(-c2ccnc3nc(N4CCN(S(=O)(=O)c5ccccc5C#N)CC4)nn23)cc1. The van der Waals surface area contributed by atoms with Crippen LogP contribution in [-0.2, 0) is 15.4 Å². The lowest BCUT2D eigenvalue weighted by molar-refractivity contribution is 0.382. The lowest BCUT2D eigenvalue weighted by Gasteiger charge is -2.33. The Morgan fingerprint density at radius 3 is 2.31 bits per heavy atom. The summed E-state index contributed by atoms with van der Waals surface area (Å²) in [5, 5.41) is 14.0. The van der Waals surface area contributed by atoms with Gasteiger partial charge in [0.1, 0.15) is 6.07 Å². The van der Waals surface area contributed by atoms with E-state index in [0.29, 0.717) is 24.8 Å². The van der Waals surface area contributed by atoms with E-state index in [1.165, 1.54) is 22.0 Å². The second-order valence-corrected chi connectivity index (χ2v) is 11.7. The summed E-state index contributed by atoms with van der Waals surface area (Å²) >= 11 is 0. The molecule has 1 aliphatic heterocycles. The third kappa shape index (κ3) is 4.32. The molecule has 0 radical (unpaired) electrons. The van der Waals surface area contributed by atoms with Crippen molar-refractivity contribution in [2.45, 2.75) is 31.1 Å². The number of rotatable bonds is 4. The second-order valence-electron chi connectivity index (χ2n) is 9.78. The van der Waals surface area contributed by atoms with Crippen molar-refractivity contribution in [1.82, 2.24) is 23.9 Å². The molecular formula is C26H27N7O2S. The van der Waals surface area contributed by atoms with E-state index in [1.807, 2.05) is 17.0 Å². The van der Waals surface area contributed by atoms with Crippen LogP contribution in [0.5, 0.6) is 0 Å². The van der Waals surface area contributed by atoms with Gasteiger partial charge in [-0.1, -0.05) is 57.2 Å². The maximum atomic E-state index is 13.1. The maximum absolute atomic E-state index is 13.1. The van der Waals surface area contributed by atoms with Gasteiger partial charge in [0, 0.05) is 37.9 Å². The Morgan fingerprint density at radius 2 is 1.64 bits per heavy atom. The molecule has 0 N–H and O–H groups in total. The van der Waals surface area contributed by atoms with E-state index >= 15 is 0 Å².